The molecule has 0 bridgehead atoms. The fourth-order valence-electron chi connectivity index (χ4n) is 2.48. The number of benzene rings is 1. The van der Waals surface area contributed by atoms with Gasteiger partial charge in [-0.25, -0.2) is 4.79 Å². The first-order valence-electron chi connectivity index (χ1n) is 6.65. The van der Waals surface area contributed by atoms with Gasteiger partial charge in [0.2, 0.25) is 0 Å². The van der Waals surface area contributed by atoms with Crippen molar-refractivity contribution in [3.8, 4) is 0 Å². The average Bonchev–Trinajstić information content (AvgIpc) is 2.92. The Bertz CT molecular complexity index is 438. The van der Waals surface area contributed by atoms with Gasteiger partial charge in [0.25, 0.3) is 0 Å². The predicted molar refractivity (Wildman–Crippen MR) is 79.6 cm³/mol. The molecule has 0 unspecified atom stereocenters. The van der Waals surface area contributed by atoms with E-state index in [-0.39, 0.29) is 6.03 Å². The molecule has 19 heavy (non-hydrogen) atoms. The number of carbonyl (C=O) groups excluding carboxylic acids is 1. The highest BCUT2D eigenvalue weighted by molar-refractivity contribution is 6.30. The molecule has 0 aromatic heterocycles. The molecule has 0 atom stereocenters. The van der Waals surface area contributed by atoms with Gasteiger partial charge in [-0.15, -0.1) is 6.58 Å². The number of halogens is 1. The van der Waals surface area contributed by atoms with Crippen LogP contribution in [0.2, 0.25) is 5.02 Å². The predicted octanol–water partition coefficient (Wildman–Crippen LogP) is 4.30. The number of hydrogen-bond donors (Lipinski definition) is 1. The monoisotopic (exact) mass is 278 g/mol. The minimum Gasteiger partial charge on any atom is -0.318 e. The molecule has 1 N–H and O–H groups in total. The number of nitrogens with zero attached hydrogens (tertiary/aromatic N) is 1. The quantitative estimate of drug-likeness (QED) is 0.818. The molecule has 1 fully saturated rings. The van der Waals surface area contributed by atoms with Crippen molar-refractivity contribution in [2.45, 2.75) is 31.7 Å². The summed E-state index contributed by atoms with van der Waals surface area (Å²) in [5, 5.41) is 3.58. The second-order valence-corrected chi connectivity index (χ2v) is 5.25. The zero-order valence-corrected chi connectivity index (χ0v) is 11.7. The van der Waals surface area contributed by atoms with Crippen LogP contribution in [0.5, 0.6) is 0 Å². The van der Waals surface area contributed by atoms with Gasteiger partial charge in [0.1, 0.15) is 0 Å². The maximum atomic E-state index is 12.3. The van der Waals surface area contributed by atoms with Crippen molar-refractivity contribution in [2.75, 3.05) is 11.9 Å². The van der Waals surface area contributed by atoms with Crippen molar-refractivity contribution in [3.05, 3.63) is 41.9 Å². The van der Waals surface area contributed by atoms with Crippen molar-refractivity contribution >= 4 is 23.3 Å². The van der Waals surface area contributed by atoms with Crippen molar-refractivity contribution in [1.82, 2.24) is 4.90 Å². The van der Waals surface area contributed by atoms with Gasteiger partial charge in [0, 0.05) is 23.3 Å². The second kappa shape index (κ2) is 6.62. The Labute approximate surface area is 119 Å². The molecule has 0 saturated heterocycles. The summed E-state index contributed by atoms with van der Waals surface area (Å²) >= 11 is 5.83. The van der Waals surface area contributed by atoms with Crippen LogP contribution in [0.15, 0.2) is 36.9 Å². The van der Waals surface area contributed by atoms with Gasteiger partial charge in [-0.3, -0.25) is 0 Å². The zero-order valence-electron chi connectivity index (χ0n) is 10.9. The summed E-state index contributed by atoms with van der Waals surface area (Å²) in [6.45, 7) is 4.32. The topological polar surface area (TPSA) is 32.3 Å². The number of hydrogen-bond acceptors (Lipinski definition) is 1. The summed E-state index contributed by atoms with van der Waals surface area (Å²) in [7, 11) is 0. The van der Waals surface area contributed by atoms with Crippen LogP contribution in [0.3, 0.4) is 0 Å². The Hall–Kier alpha value is -1.48. The first-order chi connectivity index (χ1) is 9.20. The molecule has 1 aromatic rings. The molecule has 0 aliphatic heterocycles. The van der Waals surface area contributed by atoms with Crippen LogP contribution >= 0.6 is 11.6 Å². The highest BCUT2D eigenvalue weighted by atomic mass is 35.5. The van der Waals surface area contributed by atoms with Gasteiger partial charge < -0.3 is 10.2 Å². The molecule has 3 nitrogen and oxygen atoms in total. The van der Waals surface area contributed by atoms with Gasteiger partial charge in [-0.05, 0) is 37.1 Å². The van der Waals surface area contributed by atoms with E-state index in [2.05, 4.69) is 11.9 Å². The van der Waals surface area contributed by atoms with Crippen LogP contribution < -0.4 is 5.32 Å². The van der Waals surface area contributed by atoms with E-state index in [1.165, 1.54) is 12.8 Å². The maximum absolute atomic E-state index is 12.3. The minimum absolute atomic E-state index is 0.0610. The first-order valence-corrected chi connectivity index (χ1v) is 7.02. The lowest BCUT2D eigenvalue weighted by Gasteiger charge is -2.28. The summed E-state index contributed by atoms with van der Waals surface area (Å²) in [5.74, 6) is 0. The highest BCUT2D eigenvalue weighted by Gasteiger charge is 2.25. The summed E-state index contributed by atoms with van der Waals surface area (Å²) in [4.78, 5) is 14.2. The fourth-order valence-corrected chi connectivity index (χ4v) is 2.61. The molecule has 2 amide bonds. The van der Waals surface area contributed by atoms with Crippen molar-refractivity contribution in [1.29, 1.82) is 0 Å². The van der Waals surface area contributed by atoms with Crippen LogP contribution in [-0.2, 0) is 0 Å². The largest absolute Gasteiger partial charge is 0.322 e. The van der Waals surface area contributed by atoms with E-state index in [1.54, 1.807) is 30.3 Å². The Kier molecular flexibility index (Phi) is 4.86. The van der Waals surface area contributed by atoms with E-state index in [0.29, 0.717) is 17.6 Å². The normalized spacial score (nSPS) is 15.2. The molecule has 1 saturated carbocycles. The van der Waals surface area contributed by atoms with E-state index in [0.717, 1.165) is 18.5 Å². The molecule has 0 spiro atoms. The molecule has 4 heteroatoms. The van der Waals surface area contributed by atoms with Gasteiger partial charge >= 0.3 is 6.03 Å². The molecule has 1 aliphatic rings. The molecule has 102 valence electrons. The van der Waals surface area contributed by atoms with Crippen LogP contribution in [0, 0.1) is 0 Å². The third kappa shape index (κ3) is 3.74. The van der Waals surface area contributed by atoms with Crippen molar-refractivity contribution in [2.24, 2.45) is 0 Å². The van der Waals surface area contributed by atoms with Gasteiger partial charge in [0.15, 0.2) is 0 Å². The van der Waals surface area contributed by atoms with E-state index in [1.807, 2.05) is 4.90 Å². The SMILES string of the molecule is C=CCN(C(=O)Nc1ccc(Cl)cc1)C1CCCC1. The lowest BCUT2D eigenvalue weighted by molar-refractivity contribution is 0.196. The number of carbonyl (C=O) groups is 1. The molecule has 0 radical (unpaired) electrons. The second-order valence-electron chi connectivity index (χ2n) is 4.82. The highest BCUT2D eigenvalue weighted by Crippen LogP contribution is 2.24. The van der Waals surface area contributed by atoms with E-state index in [9.17, 15) is 4.79 Å². The van der Waals surface area contributed by atoms with Crippen LogP contribution in [0.1, 0.15) is 25.7 Å². The third-order valence-electron chi connectivity index (χ3n) is 3.45. The Morgan fingerprint density at radius 1 is 1.37 bits per heavy atom. The summed E-state index contributed by atoms with van der Waals surface area (Å²) in [6.07, 6.45) is 6.35. The number of rotatable bonds is 4. The van der Waals surface area contributed by atoms with Crippen LogP contribution in [-0.4, -0.2) is 23.5 Å². The lowest BCUT2D eigenvalue weighted by atomic mass is 10.2. The third-order valence-corrected chi connectivity index (χ3v) is 3.70. The van der Waals surface area contributed by atoms with Gasteiger partial charge in [0.05, 0.1) is 0 Å². The first kappa shape index (κ1) is 13.9. The Morgan fingerprint density at radius 2 is 2.00 bits per heavy atom. The molecular weight excluding hydrogens is 260 g/mol. The number of urea groups is 1. The number of nitrogens with one attached hydrogen (secondary N) is 1. The van der Waals surface area contributed by atoms with Gasteiger partial charge in [-0.2, -0.15) is 0 Å². The summed E-state index contributed by atoms with van der Waals surface area (Å²) in [6, 6.07) is 7.43. The molecule has 2 rings (SSSR count). The average molecular weight is 279 g/mol. The van der Waals surface area contributed by atoms with E-state index < -0.39 is 0 Å². The number of anilines is 1. The minimum atomic E-state index is -0.0610. The smallest absolute Gasteiger partial charge is 0.318 e. The van der Waals surface area contributed by atoms with E-state index >= 15 is 0 Å². The maximum Gasteiger partial charge on any atom is 0.322 e. The molecular formula is C15H19ClN2O. The lowest BCUT2D eigenvalue weighted by Crippen LogP contribution is -2.41. The summed E-state index contributed by atoms with van der Waals surface area (Å²) in [5.41, 5.74) is 0.765. The van der Waals surface area contributed by atoms with Crippen molar-refractivity contribution < 1.29 is 4.79 Å². The van der Waals surface area contributed by atoms with Crippen LogP contribution in [0.4, 0.5) is 10.5 Å². The Morgan fingerprint density at radius 3 is 2.58 bits per heavy atom. The Balaban J connectivity index is 2.02. The van der Waals surface area contributed by atoms with Gasteiger partial charge in [-0.1, -0.05) is 30.5 Å². The zero-order chi connectivity index (χ0) is 13.7. The molecule has 1 aliphatic carbocycles. The fraction of sp³-hybridized carbons (Fsp3) is 0.400. The standard InChI is InChI=1S/C15H19ClN2O/c1-2-11-18(14-5-3-4-6-14)15(19)17-13-9-7-12(16)8-10-13/h2,7-10,14H,1,3-6,11H2,(H,17,19). The molecule has 1 aromatic carbocycles. The van der Waals surface area contributed by atoms with E-state index in [4.69, 9.17) is 11.6 Å². The van der Waals surface area contributed by atoms with Crippen molar-refractivity contribution in [3.63, 3.8) is 0 Å². The number of amides is 2. The van der Waals surface area contributed by atoms with Crippen LogP contribution in [0.25, 0.3) is 0 Å². The molecule has 0 heterocycles. The summed E-state index contributed by atoms with van der Waals surface area (Å²) < 4.78 is 0.